The lowest BCUT2D eigenvalue weighted by atomic mass is 9.68. The van der Waals surface area contributed by atoms with Gasteiger partial charge >= 0.3 is 0 Å². The summed E-state index contributed by atoms with van der Waals surface area (Å²) in [6.07, 6.45) is 3.06. The maximum atomic E-state index is 12.9. The average molecular weight is 308 g/mol. The van der Waals surface area contributed by atoms with Gasteiger partial charge in [-0.2, -0.15) is 0 Å². The summed E-state index contributed by atoms with van der Waals surface area (Å²) >= 11 is 0. The fourth-order valence-electron chi connectivity index (χ4n) is 3.72. The monoisotopic (exact) mass is 308 g/mol. The third kappa shape index (κ3) is 2.48. The third-order valence-electron chi connectivity index (χ3n) is 4.68. The second-order valence-electron chi connectivity index (χ2n) is 7.22. The van der Waals surface area contributed by atoms with E-state index < -0.39 is 0 Å². The Morgan fingerprint density at radius 1 is 1.17 bits per heavy atom. The number of carbonyl (C=O) groups is 1. The van der Waals surface area contributed by atoms with Crippen molar-refractivity contribution in [2.75, 3.05) is 5.32 Å². The average Bonchev–Trinajstić information content (AvgIpc) is 2.95. The Labute approximate surface area is 135 Å². The van der Waals surface area contributed by atoms with E-state index >= 15 is 0 Å². The van der Waals surface area contributed by atoms with Crippen LogP contribution in [-0.4, -0.2) is 11.5 Å². The number of para-hydroxylation sites is 2. The molecule has 0 saturated heterocycles. The van der Waals surface area contributed by atoms with Gasteiger partial charge in [0.2, 0.25) is 0 Å². The van der Waals surface area contributed by atoms with Crippen molar-refractivity contribution in [2.24, 2.45) is 16.3 Å². The lowest BCUT2D eigenvalue weighted by Gasteiger charge is -2.36. The van der Waals surface area contributed by atoms with Gasteiger partial charge in [-0.25, -0.2) is 0 Å². The number of benzene rings is 1. The minimum atomic E-state index is -0.262. The minimum absolute atomic E-state index is 0.0422. The number of carbonyl (C=O) groups excluding carboxylic acids is 1. The Bertz CT molecular complexity index is 774. The first-order valence-electron chi connectivity index (χ1n) is 8.03. The fraction of sp³-hybridized carbons (Fsp3) is 0.368. The smallest absolute Gasteiger partial charge is 0.144 e. The Morgan fingerprint density at radius 2 is 2.00 bits per heavy atom. The molecule has 2 heterocycles. The predicted octanol–water partition coefficient (Wildman–Crippen LogP) is 4.52. The van der Waals surface area contributed by atoms with Gasteiger partial charge in [0.25, 0.3) is 0 Å². The van der Waals surface area contributed by atoms with Crippen LogP contribution in [0.15, 0.2) is 52.1 Å². The maximum Gasteiger partial charge on any atom is 0.144 e. The van der Waals surface area contributed by atoms with Crippen molar-refractivity contribution in [3.63, 3.8) is 0 Å². The van der Waals surface area contributed by atoms with Crippen LogP contribution >= 0.6 is 0 Å². The highest BCUT2D eigenvalue weighted by Gasteiger charge is 2.44. The van der Waals surface area contributed by atoms with Crippen molar-refractivity contribution >= 4 is 22.9 Å². The van der Waals surface area contributed by atoms with Gasteiger partial charge in [-0.05, 0) is 36.1 Å². The summed E-state index contributed by atoms with van der Waals surface area (Å²) in [5.74, 6) is 0.760. The molecule has 1 aliphatic carbocycles. The zero-order chi connectivity index (χ0) is 16.0. The molecule has 2 aliphatic rings. The van der Waals surface area contributed by atoms with E-state index in [-0.39, 0.29) is 23.2 Å². The molecular formula is C19H20N2O2. The fourth-order valence-corrected chi connectivity index (χ4v) is 3.72. The molecule has 1 aromatic heterocycles. The molecule has 4 heteroatoms. The van der Waals surface area contributed by atoms with Crippen molar-refractivity contribution in [1.29, 1.82) is 0 Å². The van der Waals surface area contributed by atoms with E-state index in [0.717, 1.165) is 29.3 Å². The quantitative estimate of drug-likeness (QED) is 0.842. The largest absolute Gasteiger partial charge is 0.467 e. The molecule has 4 rings (SSSR count). The molecular weight excluding hydrogens is 288 g/mol. The molecule has 0 amide bonds. The van der Waals surface area contributed by atoms with Crippen LogP contribution in [0.4, 0.5) is 11.4 Å². The van der Waals surface area contributed by atoms with Gasteiger partial charge in [0, 0.05) is 12.1 Å². The first-order chi connectivity index (χ1) is 11.0. The standard InChI is InChI=1S/C19H20N2O2/c1-19(2)10-14-17(15(22)11-19)18(16-8-5-9-23-16)21-13-7-4-3-6-12(13)20-14/h3-9,17-18,21H,10-11H2,1-2H3/t17?,18-/m1/s1. The van der Waals surface area contributed by atoms with Crippen molar-refractivity contribution in [2.45, 2.75) is 32.7 Å². The summed E-state index contributed by atoms with van der Waals surface area (Å²) in [4.78, 5) is 17.8. The number of hydrogen-bond donors (Lipinski definition) is 1. The SMILES string of the molecule is CC1(C)CC(=O)C2C(=Nc3ccccc3N[C@@H]2c2ccco2)C1. The number of Topliss-reactive ketones (excluding diaryl/α,β-unsaturated/α-hetero) is 1. The predicted molar refractivity (Wildman–Crippen MR) is 90.1 cm³/mol. The van der Waals surface area contributed by atoms with Crippen LogP contribution in [0, 0.1) is 11.3 Å². The lowest BCUT2D eigenvalue weighted by molar-refractivity contribution is -0.124. The van der Waals surface area contributed by atoms with E-state index in [4.69, 9.17) is 9.41 Å². The second kappa shape index (κ2) is 5.08. The van der Waals surface area contributed by atoms with Gasteiger partial charge in [-0.1, -0.05) is 26.0 Å². The van der Waals surface area contributed by atoms with Gasteiger partial charge in [-0.3, -0.25) is 9.79 Å². The highest BCUT2D eigenvalue weighted by molar-refractivity contribution is 6.10. The molecule has 1 saturated carbocycles. The molecule has 0 bridgehead atoms. The van der Waals surface area contributed by atoms with Crippen molar-refractivity contribution in [3.8, 4) is 0 Å². The molecule has 1 fully saturated rings. The lowest BCUT2D eigenvalue weighted by Crippen LogP contribution is -2.42. The minimum Gasteiger partial charge on any atom is -0.467 e. The summed E-state index contributed by atoms with van der Waals surface area (Å²) < 4.78 is 5.62. The van der Waals surface area contributed by atoms with E-state index in [2.05, 4.69) is 19.2 Å². The molecule has 1 aromatic carbocycles. The number of nitrogens with one attached hydrogen (secondary N) is 1. The van der Waals surface area contributed by atoms with Gasteiger partial charge in [0.15, 0.2) is 0 Å². The van der Waals surface area contributed by atoms with Crippen LogP contribution in [-0.2, 0) is 4.79 Å². The van der Waals surface area contributed by atoms with Crippen LogP contribution < -0.4 is 5.32 Å². The van der Waals surface area contributed by atoms with Gasteiger partial charge in [0.05, 0.1) is 29.6 Å². The number of aliphatic imine (C=N–C) groups is 1. The Kier molecular flexibility index (Phi) is 3.15. The summed E-state index contributed by atoms with van der Waals surface area (Å²) in [5.41, 5.74) is 2.76. The van der Waals surface area contributed by atoms with Gasteiger partial charge < -0.3 is 9.73 Å². The third-order valence-corrected chi connectivity index (χ3v) is 4.68. The van der Waals surface area contributed by atoms with Crippen molar-refractivity contribution in [1.82, 2.24) is 0 Å². The number of furan rings is 1. The Hall–Kier alpha value is -2.36. The number of nitrogens with zero attached hydrogens (tertiary/aromatic N) is 1. The van der Waals surface area contributed by atoms with Crippen LogP contribution in [0.5, 0.6) is 0 Å². The highest BCUT2D eigenvalue weighted by atomic mass is 16.3. The van der Waals surface area contributed by atoms with Gasteiger partial charge in [-0.15, -0.1) is 0 Å². The van der Waals surface area contributed by atoms with E-state index in [1.165, 1.54) is 0 Å². The van der Waals surface area contributed by atoms with Crippen molar-refractivity contribution in [3.05, 3.63) is 48.4 Å². The Balaban J connectivity index is 1.87. The first kappa shape index (κ1) is 14.2. The van der Waals surface area contributed by atoms with Crippen molar-refractivity contribution < 1.29 is 9.21 Å². The normalized spacial score (nSPS) is 25.7. The Morgan fingerprint density at radius 3 is 2.78 bits per heavy atom. The zero-order valence-corrected chi connectivity index (χ0v) is 13.4. The number of fused-ring (bicyclic) bond motifs is 2. The number of hydrogen-bond acceptors (Lipinski definition) is 4. The van der Waals surface area contributed by atoms with E-state index in [0.29, 0.717) is 6.42 Å². The molecule has 4 nitrogen and oxygen atoms in total. The number of ketones is 1. The zero-order valence-electron chi connectivity index (χ0n) is 13.4. The number of rotatable bonds is 1. The molecule has 23 heavy (non-hydrogen) atoms. The summed E-state index contributed by atoms with van der Waals surface area (Å²) in [6, 6.07) is 11.5. The summed E-state index contributed by atoms with van der Waals surface area (Å²) in [7, 11) is 0. The molecule has 0 radical (unpaired) electrons. The molecule has 2 aromatic rings. The molecule has 1 N–H and O–H groups in total. The molecule has 1 aliphatic heterocycles. The van der Waals surface area contributed by atoms with Gasteiger partial charge in [0.1, 0.15) is 11.5 Å². The second-order valence-corrected chi connectivity index (χ2v) is 7.22. The maximum absolute atomic E-state index is 12.9. The topological polar surface area (TPSA) is 54.6 Å². The molecule has 0 spiro atoms. The van der Waals surface area contributed by atoms with E-state index in [1.807, 2.05) is 36.4 Å². The first-order valence-corrected chi connectivity index (χ1v) is 8.03. The van der Waals surface area contributed by atoms with E-state index in [1.54, 1.807) is 6.26 Å². The van der Waals surface area contributed by atoms with Crippen LogP contribution in [0.25, 0.3) is 0 Å². The molecule has 1 unspecified atom stereocenters. The van der Waals surface area contributed by atoms with E-state index in [9.17, 15) is 4.79 Å². The van der Waals surface area contributed by atoms with Crippen LogP contribution in [0.1, 0.15) is 38.5 Å². The molecule has 2 atom stereocenters. The highest BCUT2D eigenvalue weighted by Crippen LogP contribution is 2.44. The van der Waals surface area contributed by atoms with Crippen LogP contribution in [0.3, 0.4) is 0 Å². The molecule has 118 valence electrons. The van der Waals surface area contributed by atoms with Crippen LogP contribution in [0.2, 0.25) is 0 Å². The summed E-state index contributed by atoms with van der Waals surface area (Å²) in [6.45, 7) is 4.27. The number of anilines is 1. The summed E-state index contributed by atoms with van der Waals surface area (Å²) in [5, 5.41) is 3.49.